The molecule has 0 bridgehead atoms. The number of hydrogen-bond donors (Lipinski definition) is 1. The summed E-state index contributed by atoms with van der Waals surface area (Å²) in [6, 6.07) is 11.1. The van der Waals surface area contributed by atoms with E-state index in [0.717, 1.165) is 5.56 Å². The van der Waals surface area contributed by atoms with Gasteiger partial charge in [-0.25, -0.2) is 4.79 Å². The van der Waals surface area contributed by atoms with Crippen molar-refractivity contribution in [3.63, 3.8) is 0 Å². The number of benzene rings is 1. The standard InChI is InChI=1S/C19H18N2O3/c1-4-24-19(23)16-12(2)17(21-13(16)3)18(22)15(11-20)10-14-8-6-5-7-9-14/h5-10,21H,4H2,1-3H3. The van der Waals surface area contributed by atoms with Gasteiger partial charge in [-0.1, -0.05) is 30.3 Å². The van der Waals surface area contributed by atoms with Gasteiger partial charge in [-0.3, -0.25) is 4.79 Å². The van der Waals surface area contributed by atoms with Crippen LogP contribution in [-0.2, 0) is 4.74 Å². The number of nitrogens with one attached hydrogen (secondary N) is 1. The first kappa shape index (κ1) is 17.2. The molecule has 0 aliphatic heterocycles. The van der Waals surface area contributed by atoms with Crippen molar-refractivity contribution in [2.45, 2.75) is 20.8 Å². The lowest BCUT2D eigenvalue weighted by atomic mass is 10.0. The lowest BCUT2D eigenvalue weighted by molar-refractivity contribution is 0.0525. The zero-order valence-electron chi connectivity index (χ0n) is 13.8. The molecule has 1 aromatic carbocycles. The minimum absolute atomic E-state index is 0.000888. The number of rotatable bonds is 5. The summed E-state index contributed by atoms with van der Waals surface area (Å²) in [5.41, 5.74) is 2.38. The zero-order chi connectivity index (χ0) is 17.7. The van der Waals surface area contributed by atoms with Gasteiger partial charge in [0.05, 0.1) is 17.9 Å². The molecule has 24 heavy (non-hydrogen) atoms. The maximum absolute atomic E-state index is 12.7. The van der Waals surface area contributed by atoms with Crippen molar-refractivity contribution in [1.82, 2.24) is 4.98 Å². The van der Waals surface area contributed by atoms with Crippen LogP contribution >= 0.6 is 0 Å². The van der Waals surface area contributed by atoms with Crippen LogP contribution in [0.1, 0.15) is 44.6 Å². The third-order valence-corrected chi connectivity index (χ3v) is 3.62. The summed E-state index contributed by atoms with van der Waals surface area (Å²) in [7, 11) is 0. The third kappa shape index (κ3) is 3.44. The summed E-state index contributed by atoms with van der Waals surface area (Å²) < 4.78 is 5.02. The number of aromatic amines is 1. The molecule has 0 unspecified atom stereocenters. The van der Waals surface area contributed by atoms with Crippen LogP contribution in [0.2, 0.25) is 0 Å². The van der Waals surface area contributed by atoms with Crippen molar-refractivity contribution >= 4 is 17.8 Å². The molecule has 1 N–H and O–H groups in total. The van der Waals surface area contributed by atoms with Crippen LogP contribution in [0.4, 0.5) is 0 Å². The largest absolute Gasteiger partial charge is 0.462 e. The number of esters is 1. The molecule has 0 fully saturated rings. The van der Waals surface area contributed by atoms with Gasteiger partial charge in [0.2, 0.25) is 5.78 Å². The lowest BCUT2D eigenvalue weighted by Crippen LogP contribution is -2.08. The van der Waals surface area contributed by atoms with E-state index < -0.39 is 11.8 Å². The smallest absolute Gasteiger partial charge is 0.340 e. The minimum Gasteiger partial charge on any atom is -0.462 e. The highest BCUT2D eigenvalue weighted by Crippen LogP contribution is 2.22. The number of ether oxygens (including phenoxy) is 1. The highest BCUT2D eigenvalue weighted by atomic mass is 16.5. The van der Waals surface area contributed by atoms with E-state index in [-0.39, 0.29) is 17.9 Å². The number of carbonyl (C=O) groups excluding carboxylic acids is 2. The Morgan fingerprint density at radius 1 is 1.25 bits per heavy atom. The highest BCUT2D eigenvalue weighted by Gasteiger charge is 2.24. The van der Waals surface area contributed by atoms with Gasteiger partial charge in [0.25, 0.3) is 0 Å². The van der Waals surface area contributed by atoms with E-state index in [0.29, 0.717) is 16.8 Å². The van der Waals surface area contributed by atoms with E-state index in [2.05, 4.69) is 4.98 Å². The van der Waals surface area contributed by atoms with Crippen molar-refractivity contribution in [3.05, 3.63) is 64.0 Å². The van der Waals surface area contributed by atoms with Crippen molar-refractivity contribution in [2.75, 3.05) is 6.61 Å². The number of nitriles is 1. The summed E-state index contributed by atoms with van der Waals surface area (Å²) in [5.74, 6) is -0.925. The number of aryl methyl sites for hydroxylation is 1. The predicted molar refractivity (Wildman–Crippen MR) is 90.6 cm³/mol. The summed E-state index contributed by atoms with van der Waals surface area (Å²) in [4.78, 5) is 27.6. The van der Waals surface area contributed by atoms with Gasteiger partial charge in [-0.15, -0.1) is 0 Å². The Morgan fingerprint density at radius 3 is 2.50 bits per heavy atom. The zero-order valence-corrected chi connectivity index (χ0v) is 13.8. The Hall–Kier alpha value is -3.13. The van der Waals surface area contributed by atoms with Crippen molar-refractivity contribution < 1.29 is 14.3 Å². The monoisotopic (exact) mass is 322 g/mol. The number of ketones is 1. The second-order valence-corrected chi connectivity index (χ2v) is 5.26. The van der Waals surface area contributed by atoms with Crippen molar-refractivity contribution in [2.24, 2.45) is 0 Å². The molecule has 0 atom stereocenters. The number of carbonyl (C=O) groups is 2. The van der Waals surface area contributed by atoms with Crippen LogP contribution in [0.25, 0.3) is 6.08 Å². The van der Waals surface area contributed by atoms with E-state index in [9.17, 15) is 14.9 Å². The summed E-state index contributed by atoms with van der Waals surface area (Å²) in [6.45, 7) is 5.34. The van der Waals surface area contributed by atoms with Crippen LogP contribution < -0.4 is 0 Å². The Bertz CT molecular complexity index is 839. The first-order valence-electron chi connectivity index (χ1n) is 7.57. The van der Waals surface area contributed by atoms with E-state index >= 15 is 0 Å². The molecular formula is C19H18N2O3. The first-order chi connectivity index (χ1) is 11.5. The fourth-order valence-corrected chi connectivity index (χ4v) is 2.49. The Balaban J connectivity index is 2.43. The number of hydrogen-bond acceptors (Lipinski definition) is 4. The van der Waals surface area contributed by atoms with Gasteiger partial charge in [0, 0.05) is 5.69 Å². The number of Topliss-reactive ketones (excluding diaryl/α,β-unsaturated/α-hetero) is 1. The van der Waals surface area contributed by atoms with Gasteiger partial charge < -0.3 is 9.72 Å². The molecule has 5 nitrogen and oxygen atoms in total. The van der Waals surface area contributed by atoms with Crippen LogP contribution in [0.5, 0.6) is 0 Å². The van der Waals surface area contributed by atoms with Crippen LogP contribution in [0.15, 0.2) is 35.9 Å². The van der Waals surface area contributed by atoms with Gasteiger partial charge >= 0.3 is 5.97 Å². The molecule has 5 heteroatoms. The maximum Gasteiger partial charge on any atom is 0.340 e. The fourth-order valence-electron chi connectivity index (χ4n) is 2.49. The molecular weight excluding hydrogens is 304 g/mol. The van der Waals surface area contributed by atoms with Gasteiger partial charge in [0.15, 0.2) is 0 Å². The minimum atomic E-state index is -0.478. The first-order valence-corrected chi connectivity index (χ1v) is 7.57. The van der Waals surface area contributed by atoms with E-state index in [1.54, 1.807) is 20.8 Å². The van der Waals surface area contributed by atoms with Crippen LogP contribution in [-0.4, -0.2) is 23.3 Å². The van der Waals surface area contributed by atoms with E-state index in [1.807, 2.05) is 36.4 Å². The molecule has 1 heterocycles. The highest BCUT2D eigenvalue weighted by molar-refractivity contribution is 6.15. The van der Waals surface area contributed by atoms with Crippen LogP contribution in [0.3, 0.4) is 0 Å². The maximum atomic E-state index is 12.7. The molecule has 0 saturated carbocycles. The fraction of sp³-hybridized carbons (Fsp3) is 0.211. The van der Waals surface area contributed by atoms with Crippen molar-refractivity contribution in [3.8, 4) is 6.07 Å². The SMILES string of the molecule is CCOC(=O)c1c(C)[nH]c(C(=O)C(C#N)=Cc2ccccc2)c1C. The second-order valence-electron chi connectivity index (χ2n) is 5.26. The average Bonchev–Trinajstić information content (AvgIpc) is 2.87. The van der Waals surface area contributed by atoms with Gasteiger partial charge in [-0.05, 0) is 38.0 Å². The number of allylic oxidation sites excluding steroid dienone is 1. The molecule has 0 amide bonds. The van der Waals surface area contributed by atoms with E-state index in [4.69, 9.17) is 4.74 Å². The molecule has 1 aromatic heterocycles. The third-order valence-electron chi connectivity index (χ3n) is 3.62. The van der Waals surface area contributed by atoms with Gasteiger partial charge in [0.1, 0.15) is 11.6 Å². The molecule has 2 rings (SSSR count). The molecule has 0 spiro atoms. The molecule has 0 aliphatic carbocycles. The topological polar surface area (TPSA) is 83.0 Å². The Kier molecular flexibility index (Phi) is 5.33. The Morgan fingerprint density at radius 2 is 1.92 bits per heavy atom. The van der Waals surface area contributed by atoms with Crippen LogP contribution in [0, 0.1) is 25.2 Å². The number of aromatic nitrogens is 1. The van der Waals surface area contributed by atoms with Gasteiger partial charge in [-0.2, -0.15) is 5.26 Å². The second kappa shape index (κ2) is 7.42. The predicted octanol–water partition coefficient (Wildman–Crippen LogP) is 3.60. The molecule has 122 valence electrons. The molecule has 0 aliphatic rings. The summed E-state index contributed by atoms with van der Waals surface area (Å²) >= 11 is 0. The summed E-state index contributed by atoms with van der Waals surface area (Å²) in [6.07, 6.45) is 1.53. The molecule has 2 aromatic rings. The van der Waals surface area contributed by atoms with E-state index in [1.165, 1.54) is 6.08 Å². The number of nitrogens with zero attached hydrogens (tertiary/aromatic N) is 1. The number of H-pyrrole nitrogens is 1. The molecule has 0 saturated heterocycles. The Labute approximate surface area is 140 Å². The quantitative estimate of drug-likeness (QED) is 0.394. The molecule has 0 radical (unpaired) electrons. The van der Waals surface area contributed by atoms with Crippen molar-refractivity contribution in [1.29, 1.82) is 5.26 Å². The summed E-state index contributed by atoms with van der Waals surface area (Å²) in [5, 5.41) is 9.33. The average molecular weight is 322 g/mol. The lowest BCUT2D eigenvalue weighted by Gasteiger charge is -2.02. The normalized spacial score (nSPS) is 11.0.